The molecule has 0 amide bonds. The summed E-state index contributed by atoms with van der Waals surface area (Å²) in [5.74, 6) is 1.36. The third-order valence-electron chi connectivity index (χ3n) is 2.84. The molecule has 1 N–H and O–H groups in total. The lowest BCUT2D eigenvalue weighted by Gasteiger charge is -2.14. The molecule has 0 fully saturated rings. The monoisotopic (exact) mass is 203 g/mol. The van der Waals surface area contributed by atoms with Crippen molar-refractivity contribution in [1.29, 1.82) is 0 Å². The van der Waals surface area contributed by atoms with Gasteiger partial charge in [-0.15, -0.1) is 0 Å². The Hall–Kier alpha value is -1.31. The zero-order chi connectivity index (χ0) is 10.8. The molecule has 1 atom stereocenters. The highest BCUT2D eigenvalue weighted by molar-refractivity contribution is 5.72. The molecule has 1 unspecified atom stereocenters. The van der Waals surface area contributed by atoms with Crippen molar-refractivity contribution in [3.8, 4) is 0 Å². The van der Waals surface area contributed by atoms with Gasteiger partial charge in [-0.05, 0) is 36.0 Å². The molecule has 1 heterocycles. The number of hydrogen-bond donors (Lipinski definition) is 1. The van der Waals surface area contributed by atoms with E-state index < -0.39 is 0 Å². The van der Waals surface area contributed by atoms with Gasteiger partial charge < -0.3 is 4.98 Å². The van der Waals surface area contributed by atoms with Crippen LogP contribution in [0.2, 0.25) is 0 Å². The van der Waals surface area contributed by atoms with E-state index in [1.807, 2.05) is 6.07 Å². The van der Waals surface area contributed by atoms with Crippen LogP contribution in [-0.2, 0) is 0 Å². The number of rotatable bonds is 3. The van der Waals surface area contributed by atoms with Crippen LogP contribution in [0.5, 0.6) is 0 Å². The summed E-state index contributed by atoms with van der Waals surface area (Å²) >= 11 is 0. The molecule has 2 rings (SSSR count). The van der Waals surface area contributed by atoms with Crippen LogP contribution in [0.4, 0.5) is 0 Å². The predicted octanol–water partition coefficient (Wildman–Crippen LogP) is 1.45. The van der Waals surface area contributed by atoms with Crippen LogP contribution in [0.15, 0.2) is 6.07 Å². The number of aromatic amines is 1. The summed E-state index contributed by atoms with van der Waals surface area (Å²) in [6.45, 7) is 4.49. The van der Waals surface area contributed by atoms with Crippen molar-refractivity contribution in [3.63, 3.8) is 0 Å². The van der Waals surface area contributed by atoms with Gasteiger partial charge in [-0.3, -0.25) is 4.79 Å². The lowest BCUT2D eigenvalue weighted by molar-refractivity contribution is 0.111. The molecular formula is C13H17NO. The predicted molar refractivity (Wildman–Crippen MR) is 61.9 cm³/mol. The summed E-state index contributed by atoms with van der Waals surface area (Å²) in [6, 6.07) is 1.94. The SMILES string of the molecule is CC(C)CC1C=c2cc(C=O)[nH]c2=CC1. The summed E-state index contributed by atoms with van der Waals surface area (Å²) in [6.07, 6.45) is 7.67. The summed E-state index contributed by atoms with van der Waals surface area (Å²) in [4.78, 5) is 13.7. The van der Waals surface area contributed by atoms with E-state index in [2.05, 4.69) is 31.0 Å². The van der Waals surface area contributed by atoms with E-state index in [-0.39, 0.29) is 0 Å². The average molecular weight is 203 g/mol. The zero-order valence-electron chi connectivity index (χ0n) is 9.29. The van der Waals surface area contributed by atoms with Gasteiger partial charge in [0, 0.05) is 5.35 Å². The maximum Gasteiger partial charge on any atom is 0.166 e. The molecule has 1 aromatic heterocycles. The average Bonchev–Trinajstić information content (AvgIpc) is 2.58. The minimum absolute atomic E-state index is 0.632. The first kappa shape index (κ1) is 10.2. The topological polar surface area (TPSA) is 32.9 Å². The fraction of sp³-hybridized carbons (Fsp3) is 0.462. The van der Waals surface area contributed by atoms with Crippen molar-refractivity contribution in [2.24, 2.45) is 11.8 Å². The van der Waals surface area contributed by atoms with Gasteiger partial charge in [0.15, 0.2) is 6.29 Å². The van der Waals surface area contributed by atoms with Crippen LogP contribution < -0.4 is 10.6 Å². The Morgan fingerprint density at radius 2 is 2.40 bits per heavy atom. The van der Waals surface area contributed by atoms with Gasteiger partial charge in [-0.2, -0.15) is 0 Å². The molecule has 0 spiro atoms. The molecule has 1 aromatic rings. The Morgan fingerprint density at radius 1 is 1.60 bits per heavy atom. The van der Waals surface area contributed by atoms with Crippen LogP contribution in [0, 0.1) is 11.8 Å². The first-order valence-corrected chi connectivity index (χ1v) is 5.55. The third-order valence-corrected chi connectivity index (χ3v) is 2.84. The fourth-order valence-electron chi connectivity index (χ4n) is 2.24. The molecule has 0 aliphatic heterocycles. The number of carbonyl (C=O) groups is 1. The molecule has 0 bridgehead atoms. The van der Waals surface area contributed by atoms with Gasteiger partial charge in [-0.25, -0.2) is 0 Å². The fourth-order valence-corrected chi connectivity index (χ4v) is 2.24. The number of aromatic nitrogens is 1. The van der Waals surface area contributed by atoms with Crippen LogP contribution in [0.3, 0.4) is 0 Å². The number of carbonyl (C=O) groups excluding carboxylic acids is 1. The molecular weight excluding hydrogens is 186 g/mol. The third kappa shape index (κ3) is 2.20. The normalized spacial score (nSPS) is 19.3. The van der Waals surface area contributed by atoms with E-state index in [1.165, 1.54) is 11.6 Å². The first-order valence-electron chi connectivity index (χ1n) is 5.55. The number of hydrogen-bond acceptors (Lipinski definition) is 1. The van der Waals surface area contributed by atoms with Crippen molar-refractivity contribution < 1.29 is 4.79 Å². The molecule has 2 heteroatoms. The van der Waals surface area contributed by atoms with Crippen molar-refractivity contribution in [2.45, 2.75) is 26.7 Å². The van der Waals surface area contributed by atoms with Crippen molar-refractivity contribution in [2.75, 3.05) is 0 Å². The smallest absolute Gasteiger partial charge is 0.166 e. The van der Waals surface area contributed by atoms with Gasteiger partial charge >= 0.3 is 0 Å². The Labute approximate surface area is 89.7 Å². The zero-order valence-corrected chi connectivity index (χ0v) is 9.29. The second-order valence-electron chi connectivity index (χ2n) is 4.71. The highest BCUT2D eigenvalue weighted by Gasteiger charge is 2.10. The minimum Gasteiger partial charge on any atom is -0.353 e. The lowest BCUT2D eigenvalue weighted by Crippen LogP contribution is -2.27. The van der Waals surface area contributed by atoms with Gasteiger partial charge in [0.1, 0.15) is 0 Å². The van der Waals surface area contributed by atoms with E-state index >= 15 is 0 Å². The van der Waals surface area contributed by atoms with Crippen molar-refractivity contribution >= 4 is 18.4 Å². The molecule has 80 valence electrons. The standard InChI is InChI=1S/C13H17NO/c1-9(2)5-10-3-4-13-11(6-10)7-12(8-15)14-13/h4,6-10,14H,3,5H2,1-2H3. The Kier molecular flexibility index (Phi) is 2.76. The first-order chi connectivity index (χ1) is 7.19. The van der Waals surface area contributed by atoms with Gasteiger partial charge in [0.25, 0.3) is 0 Å². The van der Waals surface area contributed by atoms with E-state index in [4.69, 9.17) is 0 Å². The van der Waals surface area contributed by atoms with E-state index in [9.17, 15) is 4.79 Å². The van der Waals surface area contributed by atoms with Gasteiger partial charge in [-0.1, -0.05) is 26.0 Å². The molecule has 0 aromatic carbocycles. The summed E-state index contributed by atoms with van der Waals surface area (Å²) < 4.78 is 0. The largest absolute Gasteiger partial charge is 0.353 e. The summed E-state index contributed by atoms with van der Waals surface area (Å²) in [5.41, 5.74) is 0.678. The highest BCUT2D eigenvalue weighted by atomic mass is 16.1. The minimum atomic E-state index is 0.632. The van der Waals surface area contributed by atoms with Crippen LogP contribution in [-0.4, -0.2) is 11.3 Å². The molecule has 0 saturated carbocycles. The number of aldehydes is 1. The molecule has 15 heavy (non-hydrogen) atoms. The van der Waals surface area contributed by atoms with Gasteiger partial charge in [0.2, 0.25) is 0 Å². The molecule has 1 aliphatic rings. The molecule has 2 nitrogen and oxygen atoms in total. The van der Waals surface area contributed by atoms with E-state index in [0.717, 1.165) is 24.0 Å². The second-order valence-corrected chi connectivity index (χ2v) is 4.71. The maximum atomic E-state index is 10.6. The number of H-pyrrole nitrogens is 1. The number of nitrogens with one attached hydrogen (secondary N) is 1. The lowest BCUT2D eigenvalue weighted by atomic mass is 9.91. The molecule has 1 aliphatic carbocycles. The van der Waals surface area contributed by atoms with Crippen molar-refractivity contribution in [3.05, 3.63) is 22.3 Å². The highest BCUT2D eigenvalue weighted by Crippen LogP contribution is 2.18. The summed E-state index contributed by atoms with van der Waals surface area (Å²) in [5, 5.41) is 2.30. The van der Waals surface area contributed by atoms with E-state index in [0.29, 0.717) is 11.6 Å². The van der Waals surface area contributed by atoms with Crippen LogP contribution >= 0.6 is 0 Å². The Morgan fingerprint density at radius 3 is 3.07 bits per heavy atom. The second kappa shape index (κ2) is 4.05. The van der Waals surface area contributed by atoms with Crippen LogP contribution in [0.1, 0.15) is 37.2 Å². The van der Waals surface area contributed by atoms with Crippen LogP contribution in [0.25, 0.3) is 12.2 Å². The maximum absolute atomic E-state index is 10.6. The van der Waals surface area contributed by atoms with E-state index in [1.54, 1.807) is 0 Å². The van der Waals surface area contributed by atoms with Gasteiger partial charge in [0.05, 0.1) is 5.69 Å². The quantitative estimate of drug-likeness (QED) is 0.741. The summed E-state index contributed by atoms with van der Waals surface area (Å²) in [7, 11) is 0. The Bertz CT molecular complexity index is 467. The molecule has 0 saturated heterocycles. The van der Waals surface area contributed by atoms with Crippen molar-refractivity contribution in [1.82, 2.24) is 4.98 Å². The molecule has 0 radical (unpaired) electrons. The number of fused-ring (bicyclic) bond motifs is 1. The Balaban J connectivity index is 2.31.